The van der Waals surface area contributed by atoms with Crippen LogP contribution < -0.4 is 15.8 Å². The van der Waals surface area contributed by atoms with Gasteiger partial charge in [0.25, 0.3) is 5.88 Å². The predicted molar refractivity (Wildman–Crippen MR) is 108 cm³/mol. The summed E-state index contributed by atoms with van der Waals surface area (Å²) in [6.07, 6.45) is -1.04. The highest BCUT2D eigenvalue weighted by molar-refractivity contribution is 5.88. The average molecular weight is 438 g/mol. The van der Waals surface area contributed by atoms with Crippen LogP contribution in [0.3, 0.4) is 0 Å². The Labute approximate surface area is 177 Å². The van der Waals surface area contributed by atoms with Gasteiger partial charge in [-0.05, 0) is 53.7 Å². The van der Waals surface area contributed by atoms with Gasteiger partial charge in [0.1, 0.15) is 11.2 Å². The van der Waals surface area contributed by atoms with Crippen LogP contribution in [0.1, 0.15) is 52.2 Å². The van der Waals surface area contributed by atoms with E-state index >= 15 is 0 Å². The van der Waals surface area contributed by atoms with E-state index in [4.69, 9.17) is 19.9 Å². The average Bonchev–Trinajstić information content (AvgIpc) is 2.57. The second kappa shape index (κ2) is 8.70. The molecule has 0 aliphatic rings. The van der Waals surface area contributed by atoms with Crippen molar-refractivity contribution in [1.82, 2.24) is 9.97 Å². The summed E-state index contributed by atoms with van der Waals surface area (Å²) < 4.78 is 44.4. The minimum Gasteiger partial charge on any atom is -0.454 e. The number of aromatic nitrogens is 2. The number of benzene rings is 1. The fourth-order valence-electron chi connectivity index (χ4n) is 2.10. The van der Waals surface area contributed by atoms with Gasteiger partial charge in [-0.3, -0.25) is 5.32 Å². The first-order valence-corrected chi connectivity index (χ1v) is 9.18. The van der Waals surface area contributed by atoms with Crippen LogP contribution in [0, 0.1) is 11.6 Å². The van der Waals surface area contributed by atoms with Crippen LogP contribution in [-0.4, -0.2) is 33.2 Å². The lowest BCUT2D eigenvalue weighted by atomic mass is 10.2. The normalized spacial score (nSPS) is 11.6. The van der Waals surface area contributed by atoms with E-state index in [1.165, 1.54) is 6.07 Å². The summed E-state index contributed by atoms with van der Waals surface area (Å²) in [7, 11) is 0. The number of carbonyl (C=O) groups is 2. The lowest BCUT2D eigenvalue weighted by Crippen LogP contribution is -2.29. The Hall–Kier alpha value is -3.50. The van der Waals surface area contributed by atoms with E-state index in [2.05, 4.69) is 15.3 Å². The summed E-state index contributed by atoms with van der Waals surface area (Å²) in [4.78, 5) is 31.8. The third kappa shape index (κ3) is 7.05. The van der Waals surface area contributed by atoms with Crippen molar-refractivity contribution in [3.63, 3.8) is 0 Å². The number of anilines is 2. The molecule has 0 unspecified atom stereocenters. The van der Waals surface area contributed by atoms with Gasteiger partial charge in [-0.15, -0.1) is 0 Å². The fourth-order valence-corrected chi connectivity index (χ4v) is 2.10. The van der Waals surface area contributed by atoms with Crippen LogP contribution in [0.15, 0.2) is 18.2 Å². The van der Waals surface area contributed by atoms with Gasteiger partial charge in [0.15, 0.2) is 17.4 Å². The number of halogens is 2. The molecule has 0 fully saturated rings. The van der Waals surface area contributed by atoms with Crippen LogP contribution >= 0.6 is 0 Å². The molecular formula is C20H24F2N4O5. The number of nitrogens with one attached hydrogen (secondary N) is 1. The molecule has 1 amide bonds. The zero-order valence-electron chi connectivity index (χ0n) is 18.0. The molecule has 2 rings (SSSR count). The maximum absolute atomic E-state index is 14.9. The first kappa shape index (κ1) is 23.8. The SMILES string of the molecule is CC(C)(C)OC(=O)Nc1nc(C(=O)OC(C)(C)C)nc(Oc2ccc(N)cc2F)c1F. The molecule has 0 spiro atoms. The summed E-state index contributed by atoms with van der Waals surface area (Å²) >= 11 is 0. The molecule has 0 radical (unpaired) electrons. The summed E-state index contributed by atoms with van der Waals surface area (Å²) in [5.74, 6) is -5.71. The number of hydrogen-bond acceptors (Lipinski definition) is 8. The number of nitrogen functional groups attached to an aromatic ring is 1. The van der Waals surface area contributed by atoms with Crippen LogP contribution in [0.5, 0.6) is 11.6 Å². The lowest BCUT2D eigenvalue weighted by Gasteiger charge is -2.21. The van der Waals surface area contributed by atoms with Gasteiger partial charge in [0.05, 0.1) is 0 Å². The zero-order valence-corrected chi connectivity index (χ0v) is 18.0. The zero-order chi connectivity index (χ0) is 23.6. The standard InChI is InChI=1S/C20H24F2N4O5/c1-19(2,3)30-17(27)15-24-14(26-18(28)31-20(4,5)6)13(22)16(25-15)29-12-8-7-10(23)9-11(12)21/h7-9H,23H2,1-6H3,(H,24,25,26,28). The highest BCUT2D eigenvalue weighted by atomic mass is 19.1. The van der Waals surface area contributed by atoms with E-state index in [9.17, 15) is 18.4 Å². The third-order valence-corrected chi connectivity index (χ3v) is 3.18. The molecule has 0 bridgehead atoms. The van der Waals surface area contributed by atoms with E-state index in [0.717, 1.165) is 12.1 Å². The molecule has 1 aromatic heterocycles. The van der Waals surface area contributed by atoms with Crippen LogP contribution in [0.25, 0.3) is 0 Å². The lowest BCUT2D eigenvalue weighted by molar-refractivity contribution is 0.00540. The van der Waals surface area contributed by atoms with Gasteiger partial charge < -0.3 is 19.9 Å². The minimum atomic E-state index is -1.26. The van der Waals surface area contributed by atoms with Crippen molar-refractivity contribution in [2.24, 2.45) is 0 Å². The van der Waals surface area contributed by atoms with Crippen molar-refractivity contribution in [3.05, 3.63) is 35.7 Å². The Bertz CT molecular complexity index is 1000. The van der Waals surface area contributed by atoms with E-state index in [-0.39, 0.29) is 5.69 Å². The van der Waals surface area contributed by atoms with E-state index in [1.807, 2.05) is 0 Å². The summed E-state index contributed by atoms with van der Waals surface area (Å²) in [6, 6.07) is 3.44. The maximum atomic E-state index is 14.9. The first-order valence-electron chi connectivity index (χ1n) is 9.18. The third-order valence-electron chi connectivity index (χ3n) is 3.18. The van der Waals surface area contributed by atoms with Crippen molar-refractivity contribution in [3.8, 4) is 11.6 Å². The maximum Gasteiger partial charge on any atom is 0.413 e. The number of amides is 1. The predicted octanol–water partition coefficient (Wildman–Crippen LogP) is 4.43. The number of nitrogens with two attached hydrogens (primary N) is 1. The number of ether oxygens (including phenoxy) is 3. The molecule has 3 N–H and O–H groups in total. The molecule has 9 nitrogen and oxygen atoms in total. The molecule has 168 valence electrons. The van der Waals surface area contributed by atoms with E-state index in [0.29, 0.717) is 0 Å². The van der Waals surface area contributed by atoms with E-state index < -0.39 is 58.2 Å². The number of nitrogens with zero attached hydrogens (tertiary/aromatic N) is 2. The highest BCUT2D eigenvalue weighted by Crippen LogP contribution is 2.29. The Kier molecular flexibility index (Phi) is 6.67. The molecule has 0 atom stereocenters. The molecule has 11 heteroatoms. The molecule has 31 heavy (non-hydrogen) atoms. The van der Waals surface area contributed by atoms with Gasteiger partial charge in [0, 0.05) is 11.8 Å². The van der Waals surface area contributed by atoms with E-state index in [1.54, 1.807) is 41.5 Å². The highest BCUT2D eigenvalue weighted by Gasteiger charge is 2.27. The van der Waals surface area contributed by atoms with Crippen molar-refractivity contribution in [2.75, 3.05) is 11.1 Å². The quantitative estimate of drug-likeness (QED) is 0.530. The van der Waals surface area contributed by atoms with Crippen molar-refractivity contribution in [1.29, 1.82) is 0 Å². The largest absolute Gasteiger partial charge is 0.454 e. The van der Waals surface area contributed by atoms with Gasteiger partial charge in [-0.25, -0.2) is 19.0 Å². The molecule has 0 aliphatic heterocycles. The van der Waals surface area contributed by atoms with Crippen LogP contribution in [0.2, 0.25) is 0 Å². The fraction of sp³-hybridized carbons (Fsp3) is 0.400. The van der Waals surface area contributed by atoms with Gasteiger partial charge in [-0.2, -0.15) is 9.37 Å². The Morgan fingerprint density at radius 2 is 1.61 bits per heavy atom. The summed E-state index contributed by atoms with van der Waals surface area (Å²) in [5.41, 5.74) is 3.82. The van der Waals surface area contributed by atoms with Gasteiger partial charge >= 0.3 is 12.1 Å². The molecule has 0 saturated carbocycles. The Balaban J connectivity index is 2.48. The number of esters is 1. The Morgan fingerprint density at radius 1 is 1.00 bits per heavy atom. The second-order valence-corrected chi connectivity index (χ2v) is 8.44. The summed E-state index contributed by atoms with van der Waals surface area (Å²) in [6.45, 7) is 9.63. The molecule has 0 aliphatic carbocycles. The topological polar surface area (TPSA) is 126 Å². The number of rotatable bonds is 4. The molecule has 1 heterocycles. The number of carbonyl (C=O) groups excluding carboxylic acids is 2. The minimum absolute atomic E-state index is 0.120. The first-order chi connectivity index (χ1) is 14.1. The van der Waals surface area contributed by atoms with Gasteiger partial charge in [0.2, 0.25) is 11.6 Å². The van der Waals surface area contributed by atoms with Crippen molar-refractivity contribution in [2.45, 2.75) is 52.7 Å². The number of hydrogen-bond donors (Lipinski definition) is 2. The molecule has 1 aromatic carbocycles. The smallest absolute Gasteiger partial charge is 0.413 e. The van der Waals surface area contributed by atoms with Crippen molar-refractivity contribution >= 4 is 23.6 Å². The van der Waals surface area contributed by atoms with Crippen LogP contribution in [0.4, 0.5) is 25.1 Å². The van der Waals surface area contributed by atoms with Gasteiger partial charge in [-0.1, -0.05) is 0 Å². The monoisotopic (exact) mass is 438 g/mol. The molecule has 2 aromatic rings. The molecular weight excluding hydrogens is 414 g/mol. The second-order valence-electron chi connectivity index (χ2n) is 8.44. The summed E-state index contributed by atoms with van der Waals surface area (Å²) in [5, 5.41) is 2.09. The Morgan fingerprint density at radius 3 is 2.16 bits per heavy atom. The van der Waals surface area contributed by atoms with Crippen molar-refractivity contribution < 1.29 is 32.6 Å². The van der Waals surface area contributed by atoms with Crippen LogP contribution in [-0.2, 0) is 9.47 Å². The molecule has 0 saturated heterocycles.